The van der Waals surface area contributed by atoms with Crippen LogP contribution in [0.1, 0.15) is 19.1 Å². The number of hydrogen-bond donors (Lipinski definition) is 0. The van der Waals surface area contributed by atoms with Gasteiger partial charge in [-0.05, 0) is 24.1 Å². The van der Waals surface area contributed by atoms with Crippen LogP contribution in [0.5, 0.6) is 0 Å². The van der Waals surface area contributed by atoms with Crippen molar-refractivity contribution < 1.29 is 14.1 Å². The van der Waals surface area contributed by atoms with Crippen molar-refractivity contribution in [2.45, 2.75) is 13.3 Å². The van der Waals surface area contributed by atoms with Crippen molar-refractivity contribution in [1.29, 1.82) is 0 Å². The van der Waals surface area contributed by atoms with Crippen molar-refractivity contribution in [3.8, 4) is 0 Å². The topological polar surface area (TPSA) is 73.3 Å². The number of nitro groups is 1. The van der Waals surface area contributed by atoms with Crippen LogP contribution < -0.4 is 0 Å². The number of rotatable bonds is 4. The van der Waals surface area contributed by atoms with Crippen LogP contribution in [0, 0.1) is 10.1 Å². The van der Waals surface area contributed by atoms with E-state index in [2.05, 4.69) is 0 Å². The van der Waals surface area contributed by atoms with Gasteiger partial charge >= 0.3 is 5.88 Å². The first-order chi connectivity index (χ1) is 6.69. The summed E-state index contributed by atoms with van der Waals surface area (Å²) >= 11 is 0. The molecule has 0 N–H and O–H groups in total. The maximum Gasteiger partial charge on any atom is 0.433 e. The number of nitrogens with zero attached hydrogens (tertiary/aromatic N) is 1. The van der Waals surface area contributed by atoms with Gasteiger partial charge in [-0.2, -0.15) is 0 Å². The molecule has 0 saturated heterocycles. The van der Waals surface area contributed by atoms with Gasteiger partial charge in [-0.25, -0.2) is 0 Å². The molecule has 0 amide bonds. The quantitative estimate of drug-likeness (QED) is 0.319. The van der Waals surface area contributed by atoms with Gasteiger partial charge in [0.05, 0.1) is 6.07 Å². The van der Waals surface area contributed by atoms with E-state index in [-0.39, 0.29) is 5.88 Å². The van der Waals surface area contributed by atoms with Crippen LogP contribution in [-0.2, 0) is 4.79 Å². The summed E-state index contributed by atoms with van der Waals surface area (Å²) in [6.07, 6.45) is 2.55. The number of furan rings is 1. The van der Waals surface area contributed by atoms with Gasteiger partial charge < -0.3 is 4.42 Å². The van der Waals surface area contributed by atoms with Crippen LogP contribution in [0.2, 0.25) is 0 Å². The van der Waals surface area contributed by atoms with Crippen LogP contribution in [0.15, 0.2) is 22.6 Å². The molecule has 0 atom stereocenters. The largest absolute Gasteiger partial charge is 0.433 e. The number of aldehydes is 1. The van der Waals surface area contributed by atoms with E-state index in [1.807, 2.05) is 6.92 Å². The Morgan fingerprint density at radius 2 is 2.36 bits per heavy atom. The molecule has 0 radical (unpaired) electrons. The maximum atomic E-state index is 10.3. The average molecular weight is 195 g/mol. The minimum absolute atomic E-state index is 0.315. The van der Waals surface area contributed by atoms with E-state index >= 15 is 0 Å². The lowest BCUT2D eigenvalue weighted by atomic mass is 10.1. The Morgan fingerprint density at radius 3 is 2.79 bits per heavy atom. The van der Waals surface area contributed by atoms with Gasteiger partial charge in [-0.1, -0.05) is 6.92 Å². The summed E-state index contributed by atoms with van der Waals surface area (Å²) in [6, 6.07) is 2.75. The molecule has 1 heterocycles. The second-order valence-electron chi connectivity index (χ2n) is 2.58. The Bertz CT molecular complexity index is 378. The molecule has 14 heavy (non-hydrogen) atoms. The van der Waals surface area contributed by atoms with E-state index in [9.17, 15) is 14.9 Å². The fourth-order valence-corrected chi connectivity index (χ4v) is 1.05. The molecule has 0 bridgehead atoms. The SMILES string of the molecule is CC/C(=C\C=O)c1ccc([N+](=O)[O-])o1. The van der Waals surface area contributed by atoms with Gasteiger partial charge in [0.25, 0.3) is 0 Å². The van der Waals surface area contributed by atoms with Crippen molar-refractivity contribution in [2.24, 2.45) is 0 Å². The lowest BCUT2D eigenvalue weighted by Gasteiger charge is -1.95. The van der Waals surface area contributed by atoms with Gasteiger partial charge in [-0.3, -0.25) is 14.9 Å². The monoisotopic (exact) mass is 195 g/mol. The van der Waals surface area contributed by atoms with Gasteiger partial charge in [0, 0.05) is 0 Å². The number of hydrogen-bond acceptors (Lipinski definition) is 4. The zero-order valence-electron chi connectivity index (χ0n) is 7.60. The van der Waals surface area contributed by atoms with Crippen LogP contribution in [0.25, 0.3) is 5.57 Å². The molecule has 1 rings (SSSR count). The fourth-order valence-electron chi connectivity index (χ4n) is 1.05. The molecule has 1 aromatic rings. The summed E-state index contributed by atoms with van der Waals surface area (Å²) in [5, 5.41) is 10.3. The molecule has 0 unspecified atom stereocenters. The molecule has 0 spiro atoms. The molecule has 5 nitrogen and oxygen atoms in total. The van der Waals surface area contributed by atoms with Crippen LogP contribution >= 0.6 is 0 Å². The predicted molar refractivity (Wildman–Crippen MR) is 49.7 cm³/mol. The van der Waals surface area contributed by atoms with E-state index in [1.165, 1.54) is 18.2 Å². The van der Waals surface area contributed by atoms with E-state index in [1.54, 1.807) is 0 Å². The fraction of sp³-hybridized carbons (Fsp3) is 0.222. The zero-order valence-corrected chi connectivity index (χ0v) is 7.60. The Morgan fingerprint density at radius 1 is 1.64 bits per heavy atom. The second-order valence-corrected chi connectivity index (χ2v) is 2.58. The maximum absolute atomic E-state index is 10.3. The summed E-state index contributed by atoms with van der Waals surface area (Å²) in [4.78, 5) is 19.9. The molecular weight excluding hydrogens is 186 g/mol. The molecular formula is C9H9NO4. The minimum Gasteiger partial charge on any atom is -0.401 e. The molecule has 0 aliphatic rings. The third kappa shape index (κ3) is 2.07. The molecule has 0 aliphatic carbocycles. The molecule has 74 valence electrons. The van der Waals surface area contributed by atoms with E-state index in [0.717, 1.165) is 0 Å². The first-order valence-corrected chi connectivity index (χ1v) is 4.08. The van der Waals surface area contributed by atoms with Gasteiger partial charge in [0.2, 0.25) is 0 Å². The smallest absolute Gasteiger partial charge is 0.401 e. The second kappa shape index (κ2) is 4.36. The third-order valence-electron chi connectivity index (χ3n) is 1.74. The number of carbonyl (C=O) groups is 1. The normalized spacial score (nSPS) is 11.4. The van der Waals surface area contributed by atoms with Gasteiger partial charge in [0.15, 0.2) is 0 Å². The van der Waals surface area contributed by atoms with Gasteiger partial charge in [0.1, 0.15) is 17.0 Å². The van der Waals surface area contributed by atoms with E-state index < -0.39 is 4.92 Å². The lowest BCUT2D eigenvalue weighted by molar-refractivity contribution is -0.402. The van der Waals surface area contributed by atoms with Crippen molar-refractivity contribution in [3.05, 3.63) is 34.1 Å². The number of allylic oxidation sites excluding steroid dienone is 2. The standard InChI is InChI=1S/C9H9NO4/c1-2-7(5-6-11)8-3-4-9(14-8)10(12)13/h3-6H,2H2,1H3/b7-5+. The number of carbonyl (C=O) groups excluding carboxylic acids is 1. The van der Waals surface area contributed by atoms with Crippen LogP contribution in [-0.4, -0.2) is 11.2 Å². The molecule has 0 saturated carbocycles. The summed E-state index contributed by atoms with van der Waals surface area (Å²) < 4.78 is 4.92. The Balaban J connectivity index is 3.00. The summed E-state index contributed by atoms with van der Waals surface area (Å²) in [5.74, 6) is 0.0524. The van der Waals surface area contributed by atoms with Crippen molar-refractivity contribution >= 4 is 17.7 Å². The summed E-state index contributed by atoms with van der Waals surface area (Å²) in [6.45, 7) is 1.84. The molecule has 5 heteroatoms. The van der Waals surface area contributed by atoms with Crippen LogP contribution in [0.3, 0.4) is 0 Å². The highest BCUT2D eigenvalue weighted by atomic mass is 16.6. The Kier molecular flexibility index (Phi) is 3.17. The Hall–Kier alpha value is -1.91. The average Bonchev–Trinajstić information content (AvgIpc) is 2.63. The zero-order chi connectivity index (χ0) is 10.6. The summed E-state index contributed by atoms with van der Waals surface area (Å²) in [7, 11) is 0. The van der Waals surface area contributed by atoms with Crippen molar-refractivity contribution in [2.75, 3.05) is 0 Å². The highest BCUT2D eigenvalue weighted by Crippen LogP contribution is 2.23. The summed E-state index contributed by atoms with van der Waals surface area (Å²) in [5.41, 5.74) is 0.646. The highest BCUT2D eigenvalue weighted by molar-refractivity contribution is 5.80. The van der Waals surface area contributed by atoms with E-state index in [0.29, 0.717) is 24.0 Å². The molecule has 0 fully saturated rings. The molecule has 0 aliphatic heterocycles. The van der Waals surface area contributed by atoms with Crippen LogP contribution in [0.4, 0.5) is 5.88 Å². The van der Waals surface area contributed by atoms with Crippen molar-refractivity contribution in [1.82, 2.24) is 0 Å². The third-order valence-corrected chi connectivity index (χ3v) is 1.74. The lowest BCUT2D eigenvalue weighted by Crippen LogP contribution is -1.83. The van der Waals surface area contributed by atoms with E-state index in [4.69, 9.17) is 4.42 Å². The first kappa shape index (κ1) is 10.2. The molecule has 1 aromatic heterocycles. The predicted octanol–water partition coefficient (Wildman–Crippen LogP) is 2.18. The van der Waals surface area contributed by atoms with Gasteiger partial charge in [-0.15, -0.1) is 0 Å². The van der Waals surface area contributed by atoms with Crippen molar-refractivity contribution in [3.63, 3.8) is 0 Å². The minimum atomic E-state index is -0.613. The first-order valence-electron chi connectivity index (χ1n) is 4.08. The Labute approximate surface area is 80.2 Å². The molecule has 0 aromatic carbocycles. The highest BCUT2D eigenvalue weighted by Gasteiger charge is 2.13.